The van der Waals surface area contributed by atoms with Gasteiger partial charge < -0.3 is 9.13 Å². The summed E-state index contributed by atoms with van der Waals surface area (Å²) in [5, 5.41) is 3.76. The van der Waals surface area contributed by atoms with Crippen LogP contribution in [0.15, 0.2) is 97.1 Å². The third-order valence-corrected chi connectivity index (χ3v) is 7.38. The lowest BCUT2D eigenvalue weighted by Crippen LogP contribution is -2.13. The van der Waals surface area contributed by atoms with Crippen molar-refractivity contribution in [1.29, 1.82) is 0 Å². The largest absolute Gasteiger partial charge is 0.309 e. The van der Waals surface area contributed by atoms with Gasteiger partial charge in [-0.25, -0.2) is 0 Å². The van der Waals surface area contributed by atoms with E-state index in [1.165, 1.54) is 43.8 Å². The third-order valence-electron chi connectivity index (χ3n) is 7.38. The zero-order valence-corrected chi connectivity index (χ0v) is 21.8. The summed E-state index contributed by atoms with van der Waals surface area (Å²) in [7, 11) is 0. The molecule has 0 bridgehead atoms. The lowest BCUT2D eigenvalue weighted by molar-refractivity contribution is 0.589. The van der Waals surface area contributed by atoms with E-state index >= 15 is 0 Å². The van der Waals surface area contributed by atoms with Gasteiger partial charge in [0.1, 0.15) is 0 Å². The summed E-state index contributed by atoms with van der Waals surface area (Å²) >= 11 is 0. The van der Waals surface area contributed by atoms with Crippen molar-refractivity contribution in [1.82, 2.24) is 9.13 Å². The lowest BCUT2D eigenvalue weighted by atomic mass is 9.86. The Morgan fingerprint density at radius 1 is 0.676 bits per heavy atom. The average molecular weight is 479 g/mol. The highest BCUT2D eigenvalue weighted by molar-refractivity contribution is 6.09. The van der Waals surface area contributed by atoms with Gasteiger partial charge in [0.05, 0.1) is 22.2 Å². The van der Waals surface area contributed by atoms with E-state index in [0.29, 0.717) is 0 Å². The van der Waals surface area contributed by atoms with Crippen molar-refractivity contribution in [3.8, 4) is 23.7 Å². The van der Waals surface area contributed by atoms with Crippen LogP contribution >= 0.6 is 0 Å². The highest BCUT2D eigenvalue weighted by atomic mass is 15.0. The second kappa shape index (κ2) is 8.57. The number of hydrogen-bond acceptors (Lipinski definition) is 0. The Hall–Kier alpha value is -4.48. The molecule has 37 heavy (non-hydrogen) atoms. The SMILES string of the molecule is C#C/C=C\c1c(C)c2ccccc2n1-c1cc(-n2c3ccccc3c3ccccc32)cc(C(C)(C)C)c1. The molecule has 0 saturated heterocycles. The van der Waals surface area contributed by atoms with Crippen LogP contribution in [-0.4, -0.2) is 9.13 Å². The van der Waals surface area contributed by atoms with Crippen LogP contribution in [0.1, 0.15) is 37.6 Å². The zero-order chi connectivity index (χ0) is 25.7. The predicted octanol–water partition coefficient (Wildman–Crippen LogP) is 8.98. The summed E-state index contributed by atoms with van der Waals surface area (Å²) in [5.74, 6) is 2.68. The van der Waals surface area contributed by atoms with Crippen LogP contribution in [0.5, 0.6) is 0 Å². The quantitative estimate of drug-likeness (QED) is 0.225. The number of benzene rings is 4. The minimum absolute atomic E-state index is 0.0314. The van der Waals surface area contributed by atoms with Crippen LogP contribution in [0.3, 0.4) is 0 Å². The second-order valence-electron chi connectivity index (χ2n) is 10.7. The van der Waals surface area contributed by atoms with Crippen molar-refractivity contribution < 1.29 is 0 Å². The monoisotopic (exact) mass is 478 g/mol. The number of hydrogen-bond donors (Lipinski definition) is 0. The molecule has 4 aromatic carbocycles. The molecule has 0 fully saturated rings. The van der Waals surface area contributed by atoms with Gasteiger partial charge in [0.2, 0.25) is 0 Å². The maximum atomic E-state index is 5.64. The fourth-order valence-corrected chi connectivity index (χ4v) is 5.51. The van der Waals surface area contributed by atoms with Gasteiger partial charge in [0.15, 0.2) is 0 Å². The standard InChI is InChI=1S/C35H30N2/c1-6-7-17-31-24(2)28-14-8-11-18-32(28)36(31)26-21-25(35(3,4)5)22-27(23-26)37-33-19-12-9-15-29(33)30-16-10-13-20-34(30)37/h1,7-23H,2-5H3/b17-7-. The maximum Gasteiger partial charge on any atom is 0.0541 e. The van der Waals surface area contributed by atoms with Crippen LogP contribution in [0.2, 0.25) is 0 Å². The molecule has 0 spiro atoms. The Morgan fingerprint density at radius 2 is 1.16 bits per heavy atom. The number of fused-ring (bicyclic) bond motifs is 4. The normalized spacial score (nSPS) is 12.2. The van der Waals surface area contributed by atoms with Crippen molar-refractivity contribution in [2.75, 3.05) is 0 Å². The summed E-state index contributed by atoms with van der Waals surface area (Å²) in [5.41, 5.74) is 9.46. The Bertz CT molecular complexity index is 1820. The first-order chi connectivity index (χ1) is 17.9. The molecule has 0 aliphatic carbocycles. The third kappa shape index (κ3) is 3.67. The van der Waals surface area contributed by atoms with E-state index in [0.717, 1.165) is 17.1 Å². The molecule has 0 aliphatic heterocycles. The number of terminal acetylenes is 1. The first-order valence-electron chi connectivity index (χ1n) is 12.8. The van der Waals surface area contributed by atoms with E-state index in [1.807, 2.05) is 0 Å². The topological polar surface area (TPSA) is 9.86 Å². The Kier molecular flexibility index (Phi) is 5.32. The first-order valence-corrected chi connectivity index (χ1v) is 12.8. The number of rotatable bonds is 3. The molecule has 2 heterocycles. The van der Waals surface area contributed by atoms with Crippen molar-refractivity contribution in [2.45, 2.75) is 33.1 Å². The molecule has 2 aromatic heterocycles. The van der Waals surface area contributed by atoms with E-state index in [9.17, 15) is 0 Å². The van der Waals surface area contributed by atoms with E-state index in [4.69, 9.17) is 6.42 Å². The summed E-state index contributed by atoms with van der Waals surface area (Å²) in [6, 6.07) is 32.9. The van der Waals surface area contributed by atoms with Gasteiger partial charge in [-0.3, -0.25) is 0 Å². The Balaban J connectivity index is 1.74. The number of nitrogens with zero attached hydrogens (tertiary/aromatic N) is 2. The number of para-hydroxylation sites is 3. The number of aromatic nitrogens is 2. The van der Waals surface area contributed by atoms with E-state index in [-0.39, 0.29) is 5.41 Å². The van der Waals surface area contributed by atoms with Crippen molar-refractivity contribution in [2.24, 2.45) is 0 Å². The summed E-state index contributed by atoms with van der Waals surface area (Å²) < 4.78 is 4.75. The minimum atomic E-state index is -0.0314. The molecule has 2 heteroatoms. The highest BCUT2D eigenvalue weighted by Crippen LogP contribution is 2.37. The Labute approximate surface area is 218 Å². The van der Waals surface area contributed by atoms with Gasteiger partial charge in [0.25, 0.3) is 0 Å². The molecule has 180 valence electrons. The molecular formula is C35H30N2. The first kappa shape index (κ1) is 23.0. The zero-order valence-electron chi connectivity index (χ0n) is 21.8. The molecule has 0 saturated carbocycles. The molecule has 0 amide bonds. The molecular weight excluding hydrogens is 448 g/mol. The van der Waals surface area contributed by atoms with Gasteiger partial charge in [-0.1, -0.05) is 81.3 Å². The highest BCUT2D eigenvalue weighted by Gasteiger charge is 2.21. The van der Waals surface area contributed by atoms with Crippen LogP contribution in [0, 0.1) is 19.3 Å². The maximum absolute atomic E-state index is 5.64. The summed E-state index contributed by atoms with van der Waals surface area (Å²) in [4.78, 5) is 0. The van der Waals surface area contributed by atoms with Crippen LogP contribution in [-0.2, 0) is 5.41 Å². The molecule has 0 atom stereocenters. The van der Waals surface area contributed by atoms with Crippen molar-refractivity contribution in [3.05, 3.63) is 114 Å². The van der Waals surface area contributed by atoms with E-state index in [1.54, 1.807) is 6.08 Å². The van der Waals surface area contributed by atoms with E-state index in [2.05, 4.69) is 140 Å². The fourth-order valence-electron chi connectivity index (χ4n) is 5.51. The number of aryl methyl sites for hydroxylation is 1. The van der Waals surface area contributed by atoms with Gasteiger partial charge in [-0.15, -0.1) is 6.42 Å². The van der Waals surface area contributed by atoms with Crippen molar-refractivity contribution in [3.63, 3.8) is 0 Å². The smallest absolute Gasteiger partial charge is 0.0541 e. The predicted molar refractivity (Wildman–Crippen MR) is 159 cm³/mol. The average Bonchev–Trinajstić information content (AvgIpc) is 3.39. The van der Waals surface area contributed by atoms with Gasteiger partial charge >= 0.3 is 0 Å². The van der Waals surface area contributed by atoms with Gasteiger partial charge in [-0.2, -0.15) is 0 Å². The van der Waals surface area contributed by atoms with Crippen LogP contribution in [0.4, 0.5) is 0 Å². The summed E-state index contributed by atoms with van der Waals surface area (Å²) in [6.07, 6.45) is 9.48. The molecule has 0 unspecified atom stereocenters. The molecule has 0 radical (unpaired) electrons. The van der Waals surface area contributed by atoms with Crippen LogP contribution in [0.25, 0.3) is 50.2 Å². The molecule has 6 rings (SSSR count). The van der Waals surface area contributed by atoms with Crippen LogP contribution < -0.4 is 0 Å². The molecule has 0 N–H and O–H groups in total. The van der Waals surface area contributed by atoms with E-state index < -0.39 is 0 Å². The molecule has 6 aromatic rings. The summed E-state index contributed by atoms with van der Waals surface area (Å²) in [6.45, 7) is 9.01. The lowest BCUT2D eigenvalue weighted by Gasteiger charge is -2.23. The minimum Gasteiger partial charge on any atom is -0.309 e. The second-order valence-corrected chi connectivity index (χ2v) is 10.7. The van der Waals surface area contributed by atoms with Gasteiger partial charge in [0, 0.05) is 27.5 Å². The molecule has 0 aliphatic rings. The Morgan fingerprint density at radius 3 is 1.70 bits per heavy atom. The number of allylic oxidation sites excluding steroid dienone is 1. The van der Waals surface area contributed by atoms with Crippen molar-refractivity contribution >= 4 is 38.8 Å². The fraction of sp³-hybridized carbons (Fsp3) is 0.143. The molecule has 2 nitrogen and oxygen atoms in total. The van der Waals surface area contributed by atoms with Gasteiger partial charge in [-0.05, 0) is 72.0 Å².